The molecule has 0 radical (unpaired) electrons. The van der Waals surface area contributed by atoms with E-state index in [1.54, 1.807) is 12.1 Å². The van der Waals surface area contributed by atoms with Crippen LogP contribution in [0, 0.1) is 0 Å². The molecular formula is C9H11ClN2O3S. The summed E-state index contributed by atoms with van der Waals surface area (Å²) < 4.78 is 0.629. The first-order valence-electron chi connectivity index (χ1n) is 4.44. The van der Waals surface area contributed by atoms with E-state index in [4.69, 9.17) is 22.4 Å². The zero-order valence-corrected chi connectivity index (χ0v) is 9.92. The summed E-state index contributed by atoms with van der Waals surface area (Å²) in [6.45, 7) is 0.0485. The summed E-state index contributed by atoms with van der Waals surface area (Å²) in [4.78, 5) is 23.7. The predicted molar refractivity (Wildman–Crippen MR) is 61.4 cm³/mol. The standard InChI is InChI=1S/C9H11ClN2O3S/c10-7-2-1-6(16-7)3-12(4-8(11)13)5-9(14)15/h1-2H,3-5H2,(H2,11,13)(H,14,15). The van der Waals surface area contributed by atoms with Gasteiger partial charge in [0.2, 0.25) is 5.91 Å². The van der Waals surface area contributed by atoms with E-state index < -0.39 is 11.9 Å². The lowest BCUT2D eigenvalue weighted by molar-refractivity contribution is -0.138. The Morgan fingerprint density at radius 3 is 2.56 bits per heavy atom. The van der Waals surface area contributed by atoms with Gasteiger partial charge in [-0.1, -0.05) is 11.6 Å². The Bertz CT molecular complexity index is 378. The van der Waals surface area contributed by atoms with Crippen molar-refractivity contribution in [3.05, 3.63) is 21.3 Å². The summed E-state index contributed by atoms with van der Waals surface area (Å²) in [5.74, 6) is -1.55. The molecule has 0 aliphatic heterocycles. The van der Waals surface area contributed by atoms with Crippen molar-refractivity contribution in [2.45, 2.75) is 6.54 Å². The number of thiophene rings is 1. The van der Waals surface area contributed by atoms with Crippen molar-refractivity contribution in [2.75, 3.05) is 13.1 Å². The minimum atomic E-state index is -0.996. The highest BCUT2D eigenvalue weighted by molar-refractivity contribution is 7.16. The zero-order chi connectivity index (χ0) is 12.1. The van der Waals surface area contributed by atoms with Crippen molar-refractivity contribution >= 4 is 34.8 Å². The number of carbonyl (C=O) groups is 2. The van der Waals surface area contributed by atoms with Gasteiger partial charge in [-0.3, -0.25) is 14.5 Å². The van der Waals surface area contributed by atoms with E-state index in [9.17, 15) is 9.59 Å². The average molecular weight is 263 g/mol. The summed E-state index contributed by atoms with van der Waals surface area (Å²) in [6, 6.07) is 3.52. The molecule has 1 aromatic heterocycles. The van der Waals surface area contributed by atoms with Gasteiger partial charge in [-0.25, -0.2) is 0 Å². The van der Waals surface area contributed by atoms with Crippen molar-refractivity contribution in [2.24, 2.45) is 5.73 Å². The molecule has 0 saturated carbocycles. The fourth-order valence-corrected chi connectivity index (χ4v) is 2.37. The molecule has 0 aliphatic rings. The highest BCUT2D eigenvalue weighted by Crippen LogP contribution is 2.22. The Kier molecular flexibility index (Phi) is 4.72. The molecule has 3 N–H and O–H groups in total. The number of rotatable bonds is 6. The Labute approximate surface area is 101 Å². The molecule has 0 fully saturated rings. The zero-order valence-electron chi connectivity index (χ0n) is 8.35. The quantitative estimate of drug-likeness (QED) is 0.793. The smallest absolute Gasteiger partial charge is 0.317 e. The number of primary amides is 1. The summed E-state index contributed by atoms with van der Waals surface area (Å²) in [5.41, 5.74) is 5.03. The topological polar surface area (TPSA) is 83.6 Å². The van der Waals surface area contributed by atoms with Gasteiger partial charge >= 0.3 is 5.97 Å². The summed E-state index contributed by atoms with van der Waals surface area (Å²) in [5, 5.41) is 8.66. The molecular weight excluding hydrogens is 252 g/mol. The van der Waals surface area contributed by atoms with E-state index in [1.807, 2.05) is 0 Å². The molecule has 7 heteroatoms. The summed E-state index contributed by atoms with van der Waals surface area (Å²) >= 11 is 7.10. The van der Waals surface area contributed by atoms with Crippen molar-refractivity contribution < 1.29 is 14.7 Å². The van der Waals surface area contributed by atoms with Gasteiger partial charge in [0, 0.05) is 11.4 Å². The number of carboxylic acid groups (broad SMARTS) is 1. The van der Waals surface area contributed by atoms with Crippen LogP contribution in [0.2, 0.25) is 4.34 Å². The van der Waals surface area contributed by atoms with Crippen LogP contribution in [0.25, 0.3) is 0 Å². The minimum Gasteiger partial charge on any atom is -0.480 e. The van der Waals surface area contributed by atoms with Crippen LogP contribution in [-0.2, 0) is 16.1 Å². The van der Waals surface area contributed by atoms with Gasteiger partial charge in [-0.15, -0.1) is 11.3 Å². The van der Waals surface area contributed by atoms with E-state index in [-0.39, 0.29) is 13.1 Å². The number of carboxylic acids is 1. The van der Waals surface area contributed by atoms with Crippen LogP contribution < -0.4 is 5.73 Å². The van der Waals surface area contributed by atoms with Gasteiger partial charge in [0.1, 0.15) is 0 Å². The summed E-state index contributed by atoms with van der Waals surface area (Å²) in [7, 11) is 0. The lowest BCUT2D eigenvalue weighted by atomic mass is 10.4. The molecule has 1 rings (SSSR count). The van der Waals surface area contributed by atoms with Gasteiger partial charge in [0.25, 0.3) is 0 Å². The van der Waals surface area contributed by atoms with E-state index in [0.29, 0.717) is 10.9 Å². The molecule has 1 amide bonds. The van der Waals surface area contributed by atoms with Crippen molar-refractivity contribution in [3.63, 3.8) is 0 Å². The third kappa shape index (κ3) is 4.61. The van der Waals surface area contributed by atoms with E-state index in [1.165, 1.54) is 16.2 Å². The van der Waals surface area contributed by atoms with Gasteiger partial charge in [-0.05, 0) is 12.1 Å². The second-order valence-electron chi connectivity index (χ2n) is 3.21. The van der Waals surface area contributed by atoms with Crippen LogP contribution >= 0.6 is 22.9 Å². The number of hydrogen-bond donors (Lipinski definition) is 2. The molecule has 0 unspecified atom stereocenters. The average Bonchev–Trinajstić information content (AvgIpc) is 2.48. The van der Waals surface area contributed by atoms with Gasteiger partial charge in [-0.2, -0.15) is 0 Å². The number of hydrogen-bond acceptors (Lipinski definition) is 4. The maximum absolute atomic E-state index is 10.8. The maximum Gasteiger partial charge on any atom is 0.317 e. The van der Waals surface area contributed by atoms with Gasteiger partial charge in [0.05, 0.1) is 17.4 Å². The number of carbonyl (C=O) groups excluding carboxylic acids is 1. The fourth-order valence-electron chi connectivity index (χ4n) is 1.24. The van der Waals surface area contributed by atoms with Crippen LogP contribution in [0.15, 0.2) is 12.1 Å². The molecule has 0 aliphatic carbocycles. The maximum atomic E-state index is 10.8. The molecule has 0 spiro atoms. The van der Waals surface area contributed by atoms with Crippen LogP contribution in [-0.4, -0.2) is 35.0 Å². The molecule has 1 heterocycles. The van der Waals surface area contributed by atoms with Crippen molar-refractivity contribution in [3.8, 4) is 0 Å². The first-order chi connectivity index (χ1) is 7.47. The number of nitrogens with two attached hydrogens (primary N) is 1. The second kappa shape index (κ2) is 5.83. The highest BCUT2D eigenvalue weighted by Gasteiger charge is 2.13. The third-order valence-corrected chi connectivity index (χ3v) is 2.96. The molecule has 5 nitrogen and oxygen atoms in total. The number of nitrogens with zero attached hydrogens (tertiary/aromatic N) is 1. The largest absolute Gasteiger partial charge is 0.480 e. The van der Waals surface area contributed by atoms with Crippen LogP contribution in [0.5, 0.6) is 0 Å². The first-order valence-corrected chi connectivity index (χ1v) is 5.63. The molecule has 0 saturated heterocycles. The lowest BCUT2D eigenvalue weighted by Crippen LogP contribution is -2.36. The van der Waals surface area contributed by atoms with Gasteiger partial charge in [0.15, 0.2) is 0 Å². The number of amides is 1. The number of aliphatic carboxylic acids is 1. The van der Waals surface area contributed by atoms with E-state index >= 15 is 0 Å². The molecule has 0 aromatic carbocycles. The second-order valence-corrected chi connectivity index (χ2v) is 5.01. The lowest BCUT2D eigenvalue weighted by Gasteiger charge is -2.16. The van der Waals surface area contributed by atoms with Crippen LogP contribution in [0.3, 0.4) is 0 Å². The Morgan fingerprint density at radius 1 is 1.44 bits per heavy atom. The van der Waals surface area contributed by atoms with E-state index in [2.05, 4.69) is 0 Å². The van der Waals surface area contributed by atoms with E-state index in [0.717, 1.165) is 4.88 Å². The third-order valence-electron chi connectivity index (χ3n) is 1.75. The van der Waals surface area contributed by atoms with Crippen LogP contribution in [0.1, 0.15) is 4.88 Å². The van der Waals surface area contributed by atoms with Crippen LogP contribution in [0.4, 0.5) is 0 Å². The Hall–Kier alpha value is -1.11. The normalized spacial score (nSPS) is 10.6. The Balaban J connectivity index is 2.62. The monoisotopic (exact) mass is 262 g/mol. The number of halogens is 1. The fraction of sp³-hybridized carbons (Fsp3) is 0.333. The highest BCUT2D eigenvalue weighted by atomic mass is 35.5. The SMILES string of the molecule is NC(=O)CN(CC(=O)O)Cc1ccc(Cl)s1. The van der Waals surface area contributed by atoms with Gasteiger partial charge < -0.3 is 10.8 Å². The first kappa shape index (κ1) is 13.0. The minimum absolute atomic E-state index is 0.0815. The predicted octanol–water partition coefficient (Wildman–Crippen LogP) is 0.773. The molecule has 1 aromatic rings. The molecule has 88 valence electrons. The molecule has 0 atom stereocenters. The Morgan fingerprint density at radius 2 is 2.12 bits per heavy atom. The van der Waals surface area contributed by atoms with Crippen molar-refractivity contribution in [1.29, 1.82) is 0 Å². The molecule has 0 bridgehead atoms. The van der Waals surface area contributed by atoms with Crippen molar-refractivity contribution in [1.82, 2.24) is 4.90 Å². The summed E-state index contributed by atoms with van der Waals surface area (Å²) in [6.07, 6.45) is 0. The molecule has 16 heavy (non-hydrogen) atoms.